The number of aromatic nitrogens is 2. The van der Waals surface area contributed by atoms with Crippen LogP contribution in [0.2, 0.25) is 0 Å². The number of rotatable bonds is 3. The number of benzene rings is 1. The second kappa shape index (κ2) is 4.82. The highest BCUT2D eigenvalue weighted by atomic mass is 16.3. The van der Waals surface area contributed by atoms with Crippen LogP contribution < -0.4 is 0 Å². The van der Waals surface area contributed by atoms with Gasteiger partial charge in [-0.05, 0) is 24.5 Å². The third-order valence-electron chi connectivity index (χ3n) is 4.38. The smallest absolute Gasteiger partial charge is 0.107 e. The first kappa shape index (κ1) is 12.4. The zero-order valence-electron chi connectivity index (χ0n) is 11.3. The molecule has 100 valence electrons. The Morgan fingerprint density at radius 2 is 1.84 bits per heavy atom. The Morgan fingerprint density at radius 1 is 1.16 bits per heavy atom. The minimum absolute atomic E-state index is 0.157. The first-order valence-electron chi connectivity index (χ1n) is 6.95. The Morgan fingerprint density at radius 3 is 2.42 bits per heavy atom. The molecule has 3 heteroatoms. The van der Waals surface area contributed by atoms with Crippen molar-refractivity contribution in [2.24, 2.45) is 7.05 Å². The van der Waals surface area contributed by atoms with Gasteiger partial charge in [-0.1, -0.05) is 43.2 Å². The normalized spacial score (nSPS) is 19.5. The first-order valence-corrected chi connectivity index (χ1v) is 6.95. The Kier molecular flexibility index (Phi) is 3.15. The van der Waals surface area contributed by atoms with Crippen molar-refractivity contribution < 1.29 is 5.11 Å². The Bertz CT molecular complexity index is 541. The lowest BCUT2D eigenvalue weighted by Gasteiger charge is -2.34. The lowest BCUT2D eigenvalue weighted by molar-refractivity contribution is 0.0778. The molecule has 1 N–H and O–H groups in total. The molecule has 0 amide bonds. The van der Waals surface area contributed by atoms with Crippen LogP contribution in [0.4, 0.5) is 0 Å². The van der Waals surface area contributed by atoms with Gasteiger partial charge in [0.1, 0.15) is 6.10 Å². The maximum Gasteiger partial charge on any atom is 0.107 e. The molecule has 1 heterocycles. The lowest BCUT2D eigenvalue weighted by atomic mass is 9.73. The summed E-state index contributed by atoms with van der Waals surface area (Å²) in [6.07, 6.45) is 5.81. The number of hydrogen-bond acceptors (Lipinski definition) is 2. The summed E-state index contributed by atoms with van der Waals surface area (Å²) in [6, 6.07) is 12.3. The van der Waals surface area contributed by atoms with Crippen LogP contribution in [0.5, 0.6) is 0 Å². The summed E-state index contributed by atoms with van der Waals surface area (Å²) in [5, 5.41) is 15.3. The van der Waals surface area contributed by atoms with Crippen LogP contribution in [0, 0.1) is 0 Å². The SMILES string of the molecule is Cn1ccc(C(O)C2(c3ccccc3)CCCC2)n1. The molecule has 0 spiro atoms. The van der Waals surface area contributed by atoms with Crippen molar-refractivity contribution in [1.82, 2.24) is 9.78 Å². The molecule has 1 unspecified atom stereocenters. The standard InChI is InChI=1S/C16H20N2O/c1-18-12-9-14(17-18)15(19)16(10-5-6-11-16)13-7-3-2-4-8-13/h2-4,7-9,12,15,19H,5-6,10-11H2,1H3. The number of aliphatic hydroxyl groups excluding tert-OH is 1. The molecule has 0 radical (unpaired) electrons. The molecule has 3 nitrogen and oxygen atoms in total. The van der Waals surface area contributed by atoms with E-state index in [1.165, 1.54) is 18.4 Å². The minimum Gasteiger partial charge on any atom is -0.386 e. The van der Waals surface area contributed by atoms with Crippen LogP contribution in [-0.4, -0.2) is 14.9 Å². The van der Waals surface area contributed by atoms with E-state index in [1.54, 1.807) is 4.68 Å². The molecule has 2 aromatic rings. The van der Waals surface area contributed by atoms with E-state index in [4.69, 9.17) is 0 Å². The fraction of sp³-hybridized carbons (Fsp3) is 0.438. The van der Waals surface area contributed by atoms with Crippen LogP contribution in [-0.2, 0) is 12.5 Å². The molecule has 19 heavy (non-hydrogen) atoms. The van der Waals surface area contributed by atoms with Gasteiger partial charge in [0.15, 0.2) is 0 Å². The molecule has 1 atom stereocenters. The van der Waals surface area contributed by atoms with Gasteiger partial charge in [0.05, 0.1) is 5.69 Å². The van der Waals surface area contributed by atoms with Crippen molar-refractivity contribution in [1.29, 1.82) is 0 Å². The number of hydrogen-bond donors (Lipinski definition) is 1. The van der Waals surface area contributed by atoms with E-state index in [1.807, 2.05) is 25.4 Å². The van der Waals surface area contributed by atoms with Crippen LogP contribution >= 0.6 is 0 Å². The zero-order chi connectivity index (χ0) is 13.3. The lowest BCUT2D eigenvalue weighted by Crippen LogP contribution is -2.31. The van der Waals surface area contributed by atoms with Crippen molar-refractivity contribution in [2.75, 3.05) is 0 Å². The molecule has 3 rings (SSSR count). The van der Waals surface area contributed by atoms with Crippen LogP contribution in [0.1, 0.15) is 43.0 Å². The Hall–Kier alpha value is -1.61. The summed E-state index contributed by atoms with van der Waals surface area (Å²) >= 11 is 0. The second-order valence-corrected chi connectivity index (χ2v) is 5.55. The van der Waals surface area contributed by atoms with E-state index in [2.05, 4.69) is 29.4 Å². The van der Waals surface area contributed by atoms with Gasteiger partial charge in [-0.25, -0.2) is 0 Å². The largest absolute Gasteiger partial charge is 0.386 e. The van der Waals surface area contributed by atoms with Crippen molar-refractivity contribution in [3.63, 3.8) is 0 Å². The monoisotopic (exact) mass is 256 g/mol. The highest BCUT2D eigenvalue weighted by Crippen LogP contribution is 2.49. The Balaban J connectivity index is 2.01. The van der Waals surface area contributed by atoms with E-state index >= 15 is 0 Å². The molecule has 1 aliphatic rings. The van der Waals surface area contributed by atoms with Crippen molar-refractivity contribution in [3.8, 4) is 0 Å². The van der Waals surface area contributed by atoms with Crippen LogP contribution in [0.25, 0.3) is 0 Å². The minimum atomic E-state index is -0.515. The zero-order valence-corrected chi connectivity index (χ0v) is 11.3. The molecule has 0 aliphatic heterocycles. The molecule has 0 bridgehead atoms. The van der Waals surface area contributed by atoms with E-state index < -0.39 is 6.10 Å². The number of nitrogens with zero attached hydrogens (tertiary/aromatic N) is 2. The van der Waals surface area contributed by atoms with E-state index in [-0.39, 0.29) is 5.41 Å². The predicted octanol–water partition coefficient (Wildman–Crippen LogP) is 2.97. The molecule has 0 saturated heterocycles. The Labute approximate surface area is 113 Å². The van der Waals surface area contributed by atoms with E-state index in [0.29, 0.717) is 0 Å². The molecular formula is C16H20N2O. The fourth-order valence-electron chi connectivity index (χ4n) is 3.36. The average molecular weight is 256 g/mol. The summed E-state index contributed by atoms with van der Waals surface area (Å²) in [7, 11) is 1.89. The maximum absolute atomic E-state index is 10.9. The van der Waals surface area contributed by atoms with Crippen molar-refractivity contribution >= 4 is 0 Å². The van der Waals surface area contributed by atoms with Gasteiger partial charge in [0.2, 0.25) is 0 Å². The molecule has 1 aromatic heterocycles. The summed E-state index contributed by atoms with van der Waals surface area (Å²) < 4.78 is 1.76. The molecule has 1 saturated carbocycles. The maximum atomic E-state index is 10.9. The summed E-state index contributed by atoms with van der Waals surface area (Å²) in [5.41, 5.74) is 1.87. The van der Waals surface area contributed by atoms with Gasteiger partial charge < -0.3 is 5.11 Å². The number of aliphatic hydroxyl groups is 1. The summed E-state index contributed by atoms with van der Waals surface area (Å²) in [4.78, 5) is 0. The van der Waals surface area contributed by atoms with Gasteiger partial charge in [-0.3, -0.25) is 4.68 Å². The first-order chi connectivity index (χ1) is 9.22. The quantitative estimate of drug-likeness (QED) is 0.916. The van der Waals surface area contributed by atoms with Crippen molar-refractivity contribution in [3.05, 3.63) is 53.9 Å². The van der Waals surface area contributed by atoms with Crippen molar-refractivity contribution in [2.45, 2.75) is 37.2 Å². The molecule has 1 aromatic carbocycles. The topological polar surface area (TPSA) is 38.0 Å². The molecule has 1 aliphatic carbocycles. The van der Waals surface area contributed by atoms with Gasteiger partial charge in [0.25, 0.3) is 0 Å². The highest BCUT2D eigenvalue weighted by molar-refractivity contribution is 5.30. The molecule has 1 fully saturated rings. The van der Waals surface area contributed by atoms with Gasteiger partial charge in [0, 0.05) is 18.7 Å². The van der Waals surface area contributed by atoms with Gasteiger partial charge in [-0.15, -0.1) is 0 Å². The second-order valence-electron chi connectivity index (χ2n) is 5.55. The fourth-order valence-corrected chi connectivity index (χ4v) is 3.36. The third-order valence-corrected chi connectivity index (χ3v) is 4.38. The number of aryl methyl sites for hydroxylation is 1. The third kappa shape index (κ3) is 2.08. The van der Waals surface area contributed by atoms with E-state index in [0.717, 1.165) is 18.5 Å². The van der Waals surface area contributed by atoms with Crippen LogP contribution in [0.15, 0.2) is 42.6 Å². The van der Waals surface area contributed by atoms with Gasteiger partial charge >= 0.3 is 0 Å². The molecular weight excluding hydrogens is 236 g/mol. The van der Waals surface area contributed by atoms with E-state index in [9.17, 15) is 5.11 Å². The predicted molar refractivity (Wildman–Crippen MR) is 74.8 cm³/mol. The summed E-state index contributed by atoms with van der Waals surface area (Å²) in [6.45, 7) is 0. The van der Waals surface area contributed by atoms with Gasteiger partial charge in [-0.2, -0.15) is 5.10 Å². The average Bonchev–Trinajstić information content (AvgIpc) is 3.08. The highest BCUT2D eigenvalue weighted by Gasteiger charge is 2.43. The summed E-state index contributed by atoms with van der Waals surface area (Å²) in [5.74, 6) is 0. The van der Waals surface area contributed by atoms with Crippen LogP contribution in [0.3, 0.4) is 0 Å².